The number of aromatic hydroxyl groups is 2. The lowest BCUT2D eigenvalue weighted by Crippen LogP contribution is -2.24. The molecule has 1 atom stereocenters. The molecule has 0 aliphatic heterocycles. The highest BCUT2D eigenvalue weighted by Gasteiger charge is 2.28. The molecule has 2 rings (SSSR count). The van der Waals surface area contributed by atoms with Crippen LogP contribution in [0.3, 0.4) is 0 Å². The first-order valence-electron chi connectivity index (χ1n) is 9.53. The zero-order valence-corrected chi connectivity index (χ0v) is 16.0. The molecule has 1 unspecified atom stereocenters. The first-order chi connectivity index (χ1) is 13.9. The number of aliphatic carboxylic acids is 1. The minimum atomic E-state index is -1.20. The average Bonchev–Trinajstić information content (AvgIpc) is 2.70. The van der Waals surface area contributed by atoms with Crippen LogP contribution in [0.25, 0.3) is 0 Å². The highest BCUT2D eigenvalue weighted by molar-refractivity contribution is 6.09. The van der Waals surface area contributed by atoms with Gasteiger partial charge in [0, 0.05) is 6.54 Å². The molecule has 0 aliphatic rings. The van der Waals surface area contributed by atoms with E-state index in [0.29, 0.717) is 25.8 Å². The maximum atomic E-state index is 12.4. The highest BCUT2D eigenvalue weighted by atomic mass is 16.4. The number of Topliss-reactive ketones (excluding diaryl/α,β-unsaturated/α-hetero) is 1. The van der Waals surface area contributed by atoms with Crippen LogP contribution in [0.2, 0.25) is 0 Å². The first-order valence-corrected chi connectivity index (χ1v) is 9.53. The van der Waals surface area contributed by atoms with Crippen molar-refractivity contribution in [2.45, 2.75) is 32.1 Å². The molecule has 0 fully saturated rings. The van der Waals surface area contributed by atoms with Crippen LogP contribution < -0.4 is 5.32 Å². The Morgan fingerprint density at radius 3 is 1.93 bits per heavy atom. The summed E-state index contributed by atoms with van der Waals surface area (Å²) in [7, 11) is 0. The second-order valence-corrected chi connectivity index (χ2v) is 6.75. The van der Waals surface area contributed by atoms with Crippen molar-refractivity contribution in [2.24, 2.45) is 5.92 Å². The number of carbonyl (C=O) groups excluding carboxylic acids is 2. The lowest BCUT2D eigenvalue weighted by atomic mass is 9.92. The van der Waals surface area contributed by atoms with Gasteiger partial charge in [-0.25, -0.2) is 0 Å². The predicted molar refractivity (Wildman–Crippen MR) is 107 cm³/mol. The Balaban J connectivity index is 1.71. The summed E-state index contributed by atoms with van der Waals surface area (Å²) in [6.45, 7) is 0.437. The number of carboxylic acid groups (broad SMARTS) is 1. The van der Waals surface area contributed by atoms with Crippen molar-refractivity contribution >= 4 is 17.7 Å². The zero-order valence-electron chi connectivity index (χ0n) is 16.0. The van der Waals surface area contributed by atoms with Crippen LogP contribution in [0.1, 0.15) is 52.8 Å². The van der Waals surface area contributed by atoms with Gasteiger partial charge in [0.15, 0.2) is 5.78 Å². The summed E-state index contributed by atoms with van der Waals surface area (Å²) < 4.78 is 0. The largest absolute Gasteiger partial charge is 0.507 e. The SMILES string of the molecule is O=C(NCCCCCCC(C(=O)O)C(=O)c1ccccc1O)c1ccccc1O. The Hall–Kier alpha value is -3.35. The maximum Gasteiger partial charge on any atom is 0.314 e. The monoisotopic (exact) mass is 399 g/mol. The molecule has 1 amide bonds. The number of carbonyl (C=O) groups is 3. The summed E-state index contributed by atoms with van der Waals surface area (Å²) >= 11 is 0. The lowest BCUT2D eigenvalue weighted by molar-refractivity contribution is -0.140. The molecule has 2 aromatic rings. The van der Waals surface area contributed by atoms with E-state index in [9.17, 15) is 29.7 Å². The smallest absolute Gasteiger partial charge is 0.314 e. The quantitative estimate of drug-likeness (QED) is 0.261. The topological polar surface area (TPSA) is 124 Å². The molecule has 0 heterocycles. The summed E-state index contributed by atoms with van der Waals surface area (Å²) in [6, 6.07) is 12.2. The Labute approximate surface area is 169 Å². The van der Waals surface area contributed by atoms with Gasteiger partial charge < -0.3 is 20.6 Å². The van der Waals surface area contributed by atoms with E-state index in [2.05, 4.69) is 5.32 Å². The predicted octanol–water partition coefficient (Wildman–Crippen LogP) is 3.36. The van der Waals surface area contributed by atoms with E-state index in [1.165, 1.54) is 24.3 Å². The van der Waals surface area contributed by atoms with Gasteiger partial charge in [-0.15, -0.1) is 0 Å². The molecule has 4 N–H and O–H groups in total. The van der Waals surface area contributed by atoms with Crippen molar-refractivity contribution < 1.29 is 29.7 Å². The molecule has 0 aliphatic carbocycles. The summed E-state index contributed by atoms with van der Waals surface area (Å²) in [4.78, 5) is 35.8. The number of carboxylic acids is 1. The molecular weight excluding hydrogens is 374 g/mol. The Kier molecular flexibility index (Phi) is 8.21. The van der Waals surface area contributed by atoms with Gasteiger partial charge in [0.1, 0.15) is 17.4 Å². The third-order valence-corrected chi connectivity index (χ3v) is 4.64. The van der Waals surface area contributed by atoms with Gasteiger partial charge in [-0.2, -0.15) is 0 Å². The third kappa shape index (κ3) is 6.34. The fraction of sp³-hybridized carbons (Fsp3) is 0.318. The Morgan fingerprint density at radius 2 is 1.34 bits per heavy atom. The standard InChI is InChI=1S/C22H25NO6/c24-18-12-6-4-9-15(18)20(26)17(22(28)29)11-3-1-2-8-14-23-21(27)16-10-5-7-13-19(16)25/h4-7,9-10,12-13,17,24-25H,1-3,8,11,14H2,(H,23,27)(H,28,29). The van der Waals surface area contributed by atoms with E-state index >= 15 is 0 Å². The number of rotatable bonds is 11. The minimum Gasteiger partial charge on any atom is -0.507 e. The number of hydrogen-bond donors (Lipinski definition) is 4. The van der Waals surface area contributed by atoms with Gasteiger partial charge in [0.2, 0.25) is 0 Å². The summed E-state index contributed by atoms with van der Waals surface area (Å²) in [6.07, 6.45) is 2.91. The van der Waals surface area contributed by atoms with Gasteiger partial charge in [-0.05, 0) is 37.1 Å². The normalized spacial score (nSPS) is 11.6. The molecule has 2 aromatic carbocycles. The van der Waals surface area contributed by atoms with Crippen LogP contribution in [-0.4, -0.2) is 39.5 Å². The highest BCUT2D eigenvalue weighted by Crippen LogP contribution is 2.23. The number of benzene rings is 2. The van der Waals surface area contributed by atoms with Crippen LogP contribution >= 0.6 is 0 Å². The third-order valence-electron chi connectivity index (χ3n) is 4.64. The Morgan fingerprint density at radius 1 is 0.793 bits per heavy atom. The fourth-order valence-electron chi connectivity index (χ4n) is 3.03. The molecule has 0 spiro atoms. The van der Waals surface area contributed by atoms with Crippen LogP contribution in [0.15, 0.2) is 48.5 Å². The molecule has 7 heteroatoms. The Bertz CT molecular complexity index is 864. The van der Waals surface area contributed by atoms with Crippen LogP contribution in [-0.2, 0) is 4.79 Å². The molecule has 7 nitrogen and oxygen atoms in total. The minimum absolute atomic E-state index is 0.0202. The zero-order chi connectivity index (χ0) is 21.2. The van der Waals surface area contributed by atoms with E-state index in [1.807, 2.05) is 0 Å². The van der Waals surface area contributed by atoms with Crippen LogP contribution in [0.5, 0.6) is 11.5 Å². The van der Waals surface area contributed by atoms with Crippen molar-refractivity contribution in [1.29, 1.82) is 0 Å². The number of amides is 1. The van der Waals surface area contributed by atoms with Crippen molar-refractivity contribution in [3.05, 3.63) is 59.7 Å². The fourth-order valence-corrected chi connectivity index (χ4v) is 3.03. The molecule has 0 bridgehead atoms. The van der Waals surface area contributed by atoms with Gasteiger partial charge in [-0.3, -0.25) is 14.4 Å². The number of para-hydroxylation sites is 2. The van der Waals surface area contributed by atoms with Gasteiger partial charge in [0.25, 0.3) is 5.91 Å². The summed E-state index contributed by atoms with van der Waals surface area (Å²) in [5, 5.41) is 31.5. The van der Waals surface area contributed by atoms with Crippen LogP contribution in [0.4, 0.5) is 0 Å². The average molecular weight is 399 g/mol. The lowest BCUT2D eigenvalue weighted by Gasteiger charge is -2.12. The number of nitrogens with one attached hydrogen (secondary N) is 1. The summed E-state index contributed by atoms with van der Waals surface area (Å²) in [5.74, 6) is -3.62. The van der Waals surface area contributed by atoms with Crippen molar-refractivity contribution in [2.75, 3.05) is 6.54 Å². The van der Waals surface area contributed by atoms with E-state index in [0.717, 1.165) is 6.42 Å². The van der Waals surface area contributed by atoms with Crippen LogP contribution in [0, 0.1) is 5.92 Å². The first kappa shape index (κ1) is 21.9. The van der Waals surface area contributed by atoms with E-state index < -0.39 is 17.7 Å². The van der Waals surface area contributed by atoms with E-state index in [4.69, 9.17) is 0 Å². The van der Waals surface area contributed by atoms with Crippen molar-refractivity contribution in [1.82, 2.24) is 5.32 Å². The van der Waals surface area contributed by atoms with Gasteiger partial charge in [-0.1, -0.05) is 43.5 Å². The molecule has 0 saturated heterocycles. The summed E-state index contributed by atoms with van der Waals surface area (Å²) in [5.41, 5.74) is 0.242. The number of phenols is 2. The molecule has 0 aromatic heterocycles. The number of hydrogen-bond acceptors (Lipinski definition) is 5. The number of phenolic OH excluding ortho intramolecular Hbond substituents is 2. The van der Waals surface area contributed by atoms with E-state index in [-0.39, 0.29) is 35.0 Å². The molecule has 0 saturated carbocycles. The van der Waals surface area contributed by atoms with E-state index in [1.54, 1.807) is 24.3 Å². The van der Waals surface area contributed by atoms with Crippen molar-refractivity contribution in [3.8, 4) is 11.5 Å². The molecule has 0 radical (unpaired) electrons. The second kappa shape index (κ2) is 10.8. The molecular formula is C22H25NO6. The second-order valence-electron chi connectivity index (χ2n) is 6.75. The molecule has 29 heavy (non-hydrogen) atoms. The van der Waals surface area contributed by atoms with Gasteiger partial charge in [0.05, 0.1) is 11.1 Å². The number of unbranched alkanes of at least 4 members (excludes halogenated alkanes) is 3. The van der Waals surface area contributed by atoms with Crippen molar-refractivity contribution in [3.63, 3.8) is 0 Å². The maximum absolute atomic E-state index is 12.4. The molecule has 154 valence electrons. The number of ketones is 1. The van der Waals surface area contributed by atoms with Gasteiger partial charge >= 0.3 is 5.97 Å².